The van der Waals surface area contributed by atoms with Crippen molar-refractivity contribution in [1.29, 1.82) is 5.26 Å². The van der Waals surface area contributed by atoms with Gasteiger partial charge in [0.05, 0.1) is 35.0 Å². The summed E-state index contributed by atoms with van der Waals surface area (Å²) in [4.78, 5) is 18.1. The molecule has 2 aromatic rings. The molecule has 1 atom stereocenters. The number of nitrogens with zero attached hydrogens (tertiary/aromatic N) is 3. The second-order valence-corrected chi connectivity index (χ2v) is 8.45. The molecule has 1 N–H and O–H groups in total. The van der Waals surface area contributed by atoms with Crippen LogP contribution in [0.25, 0.3) is 0 Å². The van der Waals surface area contributed by atoms with Crippen molar-refractivity contribution in [2.24, 2.45) is 0 Å². The zero-order valence-corrected chi connectivity index (χ0v) is 15.0. The van der Waals surface area contributed by atoms with Gasteiger partial charge in [-0.25, -0.2) is 13.4 Å². The molecular weight excluding hydrogens is 352 g/mol. The first-order valence-electron chi connectivity index (χ1n) is 8.09. The van der Waals surface area contributed by atoms with Crippen molar-refractivity contribution in [3.63, 3.8) is 0 Å². The summed E-state index contributed by atoms with van der Waals surface area (Å²) in [6.07, 6.45) is 1.99. The van der Waals surface area contributed by atoms with Gasteiger partial charge in [-0.2, -0.15) is 5.26 Å². The molecule has 8 heteroatoms. The van der Waals surface area contributed by atoms with Crippen LogP contribution in [0.4, 0.5) is 11.4 Å². The maximum Gasteiger partial charge on any atom is 0.272 e. The van der Waals surface area contributed by atoms with E-state index in [0.717, 1.165) is 5.69 Å². The topological polar surface area (TPSA) is 103 Å². The number of carbonyl (C=O) groups is 1. The molecule has 0 saturated carbocycles. The number of aromatic nitrogens is 1. The van der Waals surface area contributed by atoms with Crippen molar-refractivity contribution in [2.75, 3.05) is 23.9 Å². The third-order valence-corrected chi connectivity index (χ3v) is 6.09. The summed E-state index contributed by atoms with van der Waals surface area (Å²) in [5.41, 5.74) is 2.23. The highest BCUT2D eigenvalue weighted by Crippen LogP contribution is 2.20. The minimum atomic E-state index is -3.05. The number of carbonyl (C=O) groups excluding carboxylic acids is 1. The Hall–Kier alpha value is -2.92. The zero-order chi connectivity index (χ0) is 18.7. The highest BCUT2D eigenvalue weighted by atomic mass is 32.2. The molecule has 1 aliphatic heterocycles. The summed E-state index contributed by atoms with van der Waals surface area (Å²) in [5.74, 6) is -0.178. The normalized spacial score (nSPS) is 18.1. The van der Waals surface area contributed by atoms with Gasteiger partial charge in [0.2, 0.25) is 0 Å². The van der Waals surface area contributed by atoms with E-state index in [-0.39, 0.29) is 29.1 Å². The van der Waals surface area contributed by atoms with Gasteiger partial charge in [-0.15, -0.1) is 0 Å². The minimum Gasteiger partial charge on any atom is -0.354 e. The standard InChI is InChI=1S/C18H18N4O3S/c1-22(16-7-8-26(24,25)12-16)18(23)17-6-5-15(11-20-17)21-14-4-2-3-13(9-14)10-19/h2-6,9,11,16,21H,7-8,12H2,1H3. The van der Waals surface area contributed by atoms with E-state index >= 15 is 0 Å². The second-order valence-electron chi connectivity index (χ2n) is 6.22. The molecule has 1 fully saturated rings. The van der Waals surface area contributed by atoms with Crippen molar-refractivity contribution in [3.8, 4) is 6.07 Å². The average Bonchev–Trinajstić information content (AvgIpc) is 3.01. The van der Waals surface area contributed by atoms with Crippen LogP contribution in [0, 0.1) is 11.3 Å². The summed E-state index contributed by atoms with van der Waals surface area (Å²) in [6.45, 7) is 0. The van der Waals surface area contributed by atoms with Crippen molar-refractivity contribution < 1.29 is 13.2 Å². The molecule has 0 spiro atoms. The Morgan fingerprint density at radius 3 is 2.73 bits per heavy atom. The number of nitrogens with one attached hydrogen (secondary N) is 1. The quantitative estimate of drug-likeness (QED) is 0.882. The first kappa shape index (κ1) is 17.9. The van der Waals surface area contributed by atoms with E-state index in [9.17, 15) is 13.2 Å². The molecule has 7 nitrogen and oxygen atoms in total. The molecule has 1 amide bonds. The van der Waals surface area contributed by atoms with Crippen LogP contribution < -0.4 is 5.32 Å². The lowest BCUT2D eigenvalue weighted by Gasteiger charge is -2.23. The monoisotopic (exact) mass is 370 g/mol. The maximum atomic E-state index is 12.5. The number of hydrogen-bond donors (Lipinski definition) is 1. The van der Waals surface area contributed by atoms with E-state index in [1.54, 1.807) is 37.4 Å². The number of anilines is 2. The van der Waals surface area contributed by atoms with Gasteiger partial charge in [0.25, 0.3) is 5.91 Å². The molecule has 3 rings (SSSR count). The SMILES string of the molecule is CN(C(=O)c1ccc(Nc2cccc(C#N)c2)cn1)C1CCS(=O)(=O)C1. The van der Waals surface area contributed by atoms with Gasteiger partial charge in [-0.3, -0.25) is 4.79 Å². The maximum absolute atomic E-state index is 12.5. The van der Waals surface area contributed by atoms with E-state index in [1.165, 1.54) is 11.1 Å². The molecule has 1 aromatic heterocycles. The molecule has 1 unspecified atom stereocenters. The largest absolute Gasteiger partial charge is 0.354 e. The Bertz CT molecular complexity index is 965. The van der Waals surface area contributed by atoms with Crippen molar-refractivity contribution in [1.82, 2.24) is 9.88 Å². The molecule has 134 valence electrons. The number of nitriles is 1. The molecule has 0 bridgehead atoms. The zero-order valence-electron chi connectivity index (χ0n) is 14.2. The van der Waals surface area contributed by atoms with Crippen LogP contribution >= 0.6 is 0 Å². The first-order valence-corrected chi connectivity index (χ1v) is 9.91. The minimum absolute atomic E-state index is 0.00408. The van der Waals surface area contributed by atoms with Gasteiger partial charge in [-0.1, -0.05) is 6.07 Å². The van der Waals surface area contributed by atoms with E-state index in [0.29, 0.717) is 17.7 Å². The summed E-state index contributed by atoms with van der Waals surface area (Å²) < 4.78 is 23.2. The second kappa shape index (κ2) is 7.14. The molecule has 0 radical (unpaired) electrons. The van der Waals surface area contributed by atoms with Gasteiger partial charge in [0, 0.05) is 18.8 Å². The first-order chi connectivity index (χ1) is 12.4. The van der Waals surface area contributed by atoms with Gasteiger partial charge in [-0.05, 0) is 36.8 Å². The van der Waals surface area contributed by atoms with Crippen LogP contribution in [0.2, 0.25) is 0 Å². The van der Waals surface area contributed by atoms with Crippen molar-refractivity contribution in [2.45, 2.75) is 12.5 Å². The Kier molecular flexibility index (Phi) is 4.91. The summed E-state index contributed by atoms with van der Waals surface area (Å²) in [5, 5.41) is 12.1. The lowest BCUT2D eigenvalue weighted by atomic mass is 10.2. The average molecular weight is 370 g/mol. The Balaban J connectivity index is 1.69. The molecule has 1 aromatic carbocycles. The lowest BCUT2D eigenvalue weighted by molar-refractivity contribution is 0.0742. The van der Waals surface area contributed by atoms with Gasteiger partial charge < -0.3 is 10.2 Å². The fourth-order valence-electron chi connectivity index (χ4n) is 2.85. The fraction of sp³-hybridized carbons (Fsp3) is 0.278. The van der Waals surface area contributed by atoms with Crippen molar-refractivity contribution in [3.05, 3.63) is 53.9 Å². The Morgan fingerprint density at radius 2 is 2.12 bits per heavy atom. The smallest absolute Gasteiger partial charge is 0.272 e. The van der Waals surface area contributed by atoms with E-state index in [4.69, 9.17) is 5.26 Å². The summed E-state index contributed by atoms with van der Waals surface area (Å²) in [7, 11) is -1.44. The molecule has 26 heavy (non-hydrogen) atoms. The van der Waals surface area contributed by atoms with Gasteiger partial charge in [0.1, 0.15) is 5.69 Å². The molecule has 1 aliphatic rings. The van der Waals surface area contributed by atoms with E-state index in [1.807, 2.05) is 6.07 Å². The summed E-state index contributed by atoms with van der Waals surface area (Å²) >= 11 is 0. The number of rotatable bonds is 4. The van der Waals surface area contributed by atoms with Gasteiger partial charge >= 0.3 is 0 Å². The van der Waals surface area contributed by atoms with Gasteiger partial charge in [0.15, 0.2) is 9.84 Å². The van der Waals surface area contributed by atoms with E-state index in [2.05, 4.69) is 16.4 Å². The van der Waals surface area contributed by atoms with Crippen LogP contribution in [0.15, 0.2) is 42.6 Å². The number of amides is 1. The third kappa shape index (κ3) is 4.00. The van der Waals surface area contributed by atoms with Crippen LogP contribution in [-0.2, 0) is 9.84 Å². The van der Waals surface area contributed by atoms with Crippen LogP contribution in [0.1, 0.15) is 22.5 Å². The molecule has 1 saturated heterocycles. The van der Waals surface area contributed by atoms with Crippen LogP contribution in [0.5, 0.6) is 0 Å². The van der Waals surface area contributed by atoms with Crippen LogP contribution in [-0.4, -0.2) is 48.8 Å². The predicted octanol–water partition coefficient (Wildman–Crippen LogP) is 1.96. The van der Waals surface area contributed by atoms with Crippen molar-refractivity contribution >= 4 is 27.1 Å². The van der Waals surface area contributed by atoms with E-state index < -0.39 is 9.84 Å². The fourth-order valence-corrected chi connectivity index (χ4v) is 4.63. The number of benzene rings is 1. The molecular formula is C18H18N4O3S. The number of hydrogen-bond acceptors (Lipinski definition) is 6. The number of pyridine rings is 1. The Labute approximate surface area is 152 Å². The Morgan fingerprint density at radius 1 is 1.31 bits per heavy atom. The number of sulfone groups is 1. The summed E-state index contributed by atoms with van der Waals surface area (Å²) in [6, 6.07) is 12.1. The molecule has 2 heterocycles. The third-order valence-electron chi connectivity index (χ3n) is 4.34. The molecule has 0 aliphatic carbocycles. The lowest BCUT2D eigenvalue weighted by Crippen LogP contribution is -2.38. The predicted molar refractivity (Wildman–Crippen MR) is 97.8 cm³/mol. The highest BCUT2D eigenvalue weighted by molar-refractivity contribution is 7.91. The van der Waals surface area contributed by atoms with Crippen LogP contribution in [0.3, 0.4) is 0 Å². The highest BCUT2D eigenvalue weighted by Gasteiger charge is 2.33.